The Balaban J connectivity index is 1.57. The lowest BCUT2D eigenvalue weighted by Crippen LogP contribution is -2.45. The third-order valence-corrected chi connectivity index (χ3v) is 8.80. The van der Waals surface area contributed by atoms with Gasteiger partial charge in [-0.1, -0.05) is 73.1 Å². The summed E-state index contributed by atoms with van der Waals surface area (Å²) in [6, 6.07) is 22.1. The molecular weight excluding hydrogens is 562 g/mol. The van der Waals surface area contributed by atoms with Crippen molar-refractivity contribution in [3.05, 3.63) is 101 Å². The molecule has 1 aliphatic rings. The van der Waals surface area contributed by atoms with Gasteiger partial charge in [0, 0.05) is 37.7 Å². The summed E-state index contributed by atoms with van der Waals surface area (Å²) in [5.74, 6) is -0.475. The van der Waals surface area contributed by atoms with E-state index in [1.807, 2.05) is 42.5 Å². The van der Waals surface area contributed by atoms with Crippen molar-refractivity contribution in [2.75, 3.05) is 19.7 Å². The first-order chi connectivity index (χ1) is 19.8. The summed E-state index contributed by atoms with van der Waals surface area (Å²) < 4.78 is 32.7. The van der Waals surface area contributed by atoms with E-state index in [4.69, 9.17) is 16.3 Å². The normalized spacial score (nSPS) is 15.8. The van der Waals surface area contributed by atoms with Gasteiger partial charge in [0.2, 0.25) is 21.8 Å². The molecule has 0 saturated carbocycles. The van der Waals surface area contributed by atoms with Gasteiger partial charge >= 0.3 is 0 Å². The van der Waals surface area contributed by atoms with Crippen molar-refractivity contribution in [1.29, 1.82) is 0 Å². The summed E-state index contributed by atoms with van der Waals surface area (Å²) >= 11 is 6.10. The van der Waals surface area contributed by atoms with Gasteiger partial charge in [-0.15, -0.1) is 0 Å². The van der Waals surface area contributed by atoms with Gasteiger partial charge < -0.3 is 15.0 Å². The lowest BCUT2D eigenvalue weighted by atomic mass is 10.0. The second-order valence-electron chi connectivity index (χ2n) is 9.99. The lowest BCUT2D eigenvalue weighted by Gasteiger charge is -2.32. The Kier molecular flexibility index (Phi) is 10.9. The molecule has 1 saturated heterocycles. The summed E-state index contributed by atoms with van der Waals surface area (Å²) in [7, 11) is -3.56. The number of carbonyl (C=O) groups is 2. The van der Waals surface area contributed by atoms with Crippen molar-refractivity contribution >= 4 is 33.4 Å². The van der Waals surface area contributed by atoms with Gasteiger partial charge in [0.25, 0.3) is 0 Å². The van der Waals surface area contributed by atoms with Crippen molar-refractivity contribution in [3.63, 3.8) is 0 Å². The Hall–Kier alpha value is -3.24. The summed E-state index contributed by atoms with van der Waals surface area (Å²) in [6.07, 6.45) is 2.34. The number of nitrogens with zero attached hydrogens (tertiary/aromatic N) is 1. The summed E-state index contributed by atoms with van der Waals surface area (Å²) in [5.41, 5.74) is 2.37. The zero-order valence-corrected chi connectivity index (χ0v) is 24.7. The largest absolute Gasteiger partial charge is 0.376 e. The predicted molar refractivity (Wildman–Crippen MR) is 159 cm³/mol. The van der Waals surface area contributed by atoms with Crippen LogP contribution in [0.3, 0.4) is 0 Å². The van der Waals surface area contributed by atoms with Gasteiger partial charge in [-0.25, -0.2) is 13.1 Å². The third-order valence-electron chi connectivity index (χ3n) is 6.99. The van der Waals surface area contributed by atoms with Crippen LogP contribution in [0.25, 0.3) is 0 Å². The fourth-order valence-electron chi connectivity index (χ4n) is 4.84. The van der Waals surface area contributed by atoms with Gasteiger partial charge in [-0.05, 0) is 60.2 Å². The highest BCUT2D eigenvalue weighted by Crippen LogP contribution is 2.26. The number of ether oxygens (including phenoxy) is 1. The maximum Gasteiger partial charge on any atom is 0.247 e. The number of carbonyl (C=O) groups excluding carboxylic acids is 2. The van der Waals surface area contributed by atoms with Gasteiger partial charge in [0.15, 0.2) is 0 Å². The van der Waals surface area contributed by atoms with Crippen LogP contribution in [0.4, 0.5) is 0 Å². The quantitative estimate of drug-likeness (QED) is 0.299. The molecule has 0 radical (unpaired) electrons. The molecule has 10 heteroatoms. The van der Waals surface area contributed by atoms with E-state index in [1.165, 1.54) is 12.1 Å². The minimum atomic E-state index is -3.56. The van der Waals surface area contributed by atoms with Crippen molar-refractivity contribution in [1.82, 2.24) is 14.9 Å². The Morgan fingerprint density at radius 1 is 1.00 bits per heavy atom. The number of aryl methyl sites for hydroxylation is 1. The molecule has 0 bridgehead atoms. The topological polar surface area (TPSA) is 105 Å². The van der Waals surface area contributed by atoms with Crippen LogP contribution in [0.1, 0.15) is 48.9 Å². The van der Waals surface area contributed by atoms with Gasteiger partial charge in [-0.2, -0.15) is 0 Å². The fourth-order valence-corrected chi connectivity index (χ4v) is 6.01. The Morgan fingerprint density at radius 2 is 1.68 bits per heavy atom. The number of benzene rings is 3. The van der Waals surface area contributed by atoms with Crippen molar-refractivity contribution in [2.24, 2.45) is 0 Å². The highest BCUT2D eigenvalue weighted by Gasteiger charge is 2.32. The van der Waals surface area contributed by atoms with Crippen LogP contribution in [0.15, 0.2) is 83.8 Å². The standard InChI is InChI=1S/C31H36ClN3O5S/c1-2-34-41(38,39)28-17-12-23(13-18-28)14-19-29(36)35(22-24-10-15-26(32)16-11-24)30(25-7-4-3-5-8-25)31(37)33-21-27-9-6-20-40-27/h3-5,7-8,10-13,15-18,27,30,34H,2,6,9,14,19-22H2,1H3,(H,33,37)/t27-,30-/m0/s1. The van der Waals surface area contributed by atoms with E-state index in [-0.39, 0.29) is 35.8 Å². The zero-order valence-electron chi connectivity index (χ0n) is 23.1. The number of halogens is 1. The molecule has 2 atom stereocenters. The molecule has 1 fully saturated rings. The first-order valence-electron chi connectivity index (χ1n) is 13.8. The van der Waals surface area contributed by atoms with E-state index < -0.39 is 16.1 Å². The highest BCUT2D eigenvalue weighted by molar-refractivity contribution is 7.89. The summed E-state index contributed by atoms with van der Waals surface area (Å²) in [6.45, 7) is 3.30. The van der Waals surface area contributed by atoms with E-state index in [0.29, 0.717) is 36.7 Å². The van der Waals surface area contributed by atoms with Crippen LogP contribution < -0.4 is 10.0 Å². The van der Waals surface area contributed by atoms with Gasteiger partial charge in [0.1, 0.15) is 6.04 Å². The van der Waals surface area contributed by atoms with Crippen LogP contribution in [-0.2, 0) is 37.3 Å². The third kappa shape index (κ3) is 8.63. The molecule has 41 heavy (non-hydrogen) atoms. The lowest BCUT2D eigenvalue weighted by molar-refractivity contribution is -0.141. The molecule has 0 spiro atoms. The Bertz CT molecular complexity index is 1390. The monoisotopic (exact) mass is 597 g/mol. The zero-order chi connectivity index (χ0) is 29.2. The second-order valence-corrected chi connectivity index (χ2v) is 12.2. The molecule has 1 aliphatic heterocycles. The van der Waals surface area contributed by atoms with Crippen molar-refractivity contribution < 1.29 is 22.7 Å². The van der Waals surface area contributed by atoms with E-state index in [2.05, 4.69) is 10.0 Å². The molecule has 3 aromatic carbocycles. The molecule has 0 unspecified atom stereocenters. The number of hydrogen-bond donors (Lipinski definition) is 2. The molecule has 4 rings (SSSR count). The van der Waals surface area contributed by atoms with Crippen molar-refractivity contribution in [2.45, 2.75) is 56.2 Å². The summed E-state index contributed by atoms with van der Waals surface area (Å²) in [4.78, 5) is 29.3. The number of nitrogens with one attached hydrogen (secondary N) is 2. The van der Waals surface area contributed by atoms with Crippen LogP contribution in [0.2, 0.25) is 5.02 Å². The van der Waals surface area contributed by atoms with Crippen LogP contribution >= 0.6 is 11.6 Å². The molecular formula is C31H36ClN3O5S. The number of amides is 2. The average Bonchev–Trinajstić information content (AvgIpc) is 3.50. The van der Waals surface area contributed by atoms with Gasteiger partial charge in [-0.3, -0.25) is 9.59 Å². The highest BCUT2D eigenvalue weighted by atomic mass is 35.5. The van der Waals surface area contributed by atoms with Crippen LogP contribution in [0.5, 0.6) is 0 Å². The first-order valence-corrected chi connectivity index (χ1v) is 15.7. The fraction of sp³-hybridized carbons (Fsp3) is 0.355. The number of sulfonamides is 1. The molecule has 8 nitrogen and oxygen atoms in total. The second kappa shape index (κ2) is 14.6. The maximum atomic E-state index is 13.9. The molecule has 218 valence electrons. The average molecular weight is 598 g/mol. The predicted octanol–water partition coefficient (Wildman–Crippen LogP) is 4.64. The summed E-state index contributed by atoms with van der Waals surface area (Å²) in [5, 5.41) is 3.60. The smallest absolute Gasteiger partial charge is 0.247 e. The molecule has 2 N–H and O–H groups in total. The molecule has 3 aromatic rings. The minimum Gasteiger partial charge on any atom is -0.376 e. The van der Waals surface area contributed by atoms with E-state index in [9.17, 15) is 18.0 Å². The molecule has 1 heterocycles. The molecule has 0 aliphatic carbocycles. The van der Waals surface area contributed by atoms with Gasteiger partial charge in [0.05, 0.1) is 11.0 Å². The van der Waals surface area contributed by atoms with E-state index >= 15 is 0 Å². The van der Waals surface area contributed by atoms with Crippen LogP contribution in [0, 0.1) is 0 Å². The minimum absolute atomic E-state index is 0.0323. The molecule has 2 amide bonds. The van der Waals surface area contributed by atoms with Crippen molar-refractivity contribution in [3.8, 4) is 0 Å². The first kappa shape index (κ1) is 30.7. The Morgan fingerprint density at radius 3 is 2.32 bits per heavy atom. The maximum absolute atomic E-state index is 13.9. The molecule has 0 aromatic heterocycles. The number of rotatable bonds is 13. The SMILES string of the molecule is CCNS(=O)(=O)c1ccc(CCC(=O)N(Cc2ccc(Cl)cc2)[C@H](C(=O)NC[C@@H]2CCCO2)c2ccccc2)cc1. The van der Waals surface area contributed by atoms with Crippen LogP contribution in [-0.4, -0.2) is 50.9 Å². The van der Waals surface area contributed by atoms with E-state index in [1.54, 1.807) is 36.1 Å². The number of hydrogen-bond acceptors (Lipinski definition) is 5. The Labute approximate surface area is 247 Å². The van der Waals surface area contributed by atoms with E-state index in [0.717, 1.165) is 24.0 Å².